The Labute approximate surface area is 215 Å². The third kappa shape index (κ3) is 5.90. The number of piperidine rings is 1. The monoisotopic (exact) mass is 537 g/mol. The lowest BCUT2D eigenvalue weighted by atomic mass is 9.81. The van der Waals surface area contributed by atoms with Gasteiger partial charge < -0.3 is 15.3 Å². The number of aromatic nitrogens is 2. The van der Waals surface area contributed by atoms with Crippen molar-refractivity contribution in [3.63, 3.8) is 0 Å². The Bertz CT molecular complexity index is 1270. The molecule has 1 amide bonds. The normalized spacial score (nSPS) is 20.5. The maximum absolute atomic E-state index is 13.4. The van der Waals surface area contributed by atoms with Crippen molar-refractivity contribution in [3.8, 4) is 0 Å². The number of benzene rings is 1. The van der Waals surface area contributed by atoms with Crippen molar-refractivity contribution in [2.45, 2.75) is 57.9 Å². The van der Waals surface area contributed by atoms with Crippen LogP contribution in [0.4, 0.5) is 26.0 Å². The summed E-state index contributed by atoms with van der Waals surface area (Å²) in [7, 11) is -3.72. The highest BCUT2D eigenvalue weighted by Crippen LogP contribution is 2.54. The Morgan fingerprint density at radius 1 is 1.16 bits per heavy atom. The Balaban J connectivity index is 1.34. The molecule has 9 nitrogen and oxygen atoms in total. The van der Waals surface area contributed by atoms with E-state index in [0.717, 1.165) is 31.6 Å². The SMILES string of the molecule is Cc1cc(NC(=O)c2ccc(NS(=O)(=O)CCO)cc2N2CCC3(CC2)CC3)nn1CC1CC(F)(F)C1. The van der Waals surface area contributed by atoms with Gasteiger partial charge in [-0.25, -0.2) is 17.2 Å². The minimum absolute atomic E-state index is 0.139. The summed E-state index contributed by atoms with van der Waals surface area (Å²) in [5.41, 5.74) is 2.54. The Hall–Kier alpha value is -2.73. The predicted octanol–water partition coefficient (Wildman–Crippen LogP) is 3.60. The molecule has 5 rings (SSSR count). The first-order valence-corrected chi connectivity index (χ1v) is 14.4. The van der Waals surface area contributed by atoms with Crippen LogP contribution >= 0.6 is 0 Å². The van der Waals surface area contributed by atoms with Gasteiger partial charge in [0.2, 0.25) is 15.9 Å². The fraction of sp³-hybridized carbons (Fsp3) is 0.600. The zero-order valence-corrected chi connectivity index (χ0v) is 21.7. The van der Waals surface area contributed by atoms with Crippen molar-refractivity contribution >= 4 is 33.1 Å². The van der Waals surface area contributed by atoms with Crippen molar-refractivity contribution in [2.75, 3.05) is 40.4 Å². The minimum atomic E-state index is -3.72. The number of carbonyl (C=O) groups excluding carboxylic acids is 1. The number of nitrogens with one attached hydrogen (secondary N) is 2. The third-order valence-electron chi connectivity index (χ3n) is 7.83. The third-order valence-corrected chi connectivity index (χ3v) is 9.09. The van der Waals surface area contributed by atoms with Crippen LogP contribution in [0.15, 0.2) is 24.3 Å². The molecule has 2 saturated carbocycles. The van der Waals surface area contributed by atoms with Gasteiger partial charge in [0.15, 0.2) is 5.82 Å². The number of rotatable bonds is 9. The van der Waals surface area contributed by atoms with Crippen LogP contribution in [0.3, 0.4) is 0 Å². The largest absolute Gasteiger partial charge is 0.395 e. The Morgan fingerprint density at radius 3 is 2.49 bits per heavy atom. The zero-order chi connectivity index (χ0) is 26.4. The summed E-state index contributed by atoms with van der Waals surface area (Å²) in [5.74, 6) is -3.20. The van der Waals surface area contributed by atoms with Crippen LogP contribution in [0.2, 0.25) is 0 Å². The quantitative estimate of drug-likeness (QED) is 0.450. The molecule has 2 aromatic rings. The summed E-state index contributed by atoms with van der Waals surface area (Å²) in [4.78, 5) is 15.5. The van der Waals surface area contributed by atoms with E-state index in [0.29, 0.717) is 34.7 Å². The highest BCUT2D eigenvalue weighted by Gasteiger charge is 2.46. The second-order valence-electron chi connectivity index (χ2n) is 10.8. The van der Waals surface area contributed by atoms with Gasteiger partial charge in [-0.05, 0) is 62.1 Å². The number of alkyl halides is 2. The number of nitrogens with zero attached hydrogens (tertiary/aromatic N) is 3. The molecule has 0 radical (unpaired) electrons. The van der Waals surface area contributed by atoms with Gasteiger partial charge in [0, 0.05) is 44.2 Å². The van der Waals surface area contributed by atoms with Crippen LogP contribution in [0.5, 0.6) is 0 Å². The molecular weight excluding hydrogens is 504 g/mol. The highest BCUT2D eigenvalue weighted by atomic mass is 32.2. The average Bonchev–Trinajstić information content (AvgIpc) is 3.46. The molecular formula is C25H33F2N5O4S. The predicted molar refractivity (Wildman–Crippen MR) is 137 cm³/mol. The van der Waals surface area contributed by atoms with Gasteiger partial charge in [0.25, 0.3) is 5.91 Å². The zero-order valence-electron chi connectivity index (χ0n) is 20.8. The van der Waals surface area contributed by atoms with E-state index in [1.807, 2.05) is 6.92 Å². The molecule has 0 atom stereocenters. The van der Waals surface area contributed by atoms with E-state index in [-0.39, 0.29) is 24.7 Å². The van der Waals surface area contributed by atoms with Crippen molar-refractivity contribution in [2.24, 2.45) is 11.3 Å². The lowest BCUT2D eigenvalue weighted by Crippen LogP contribution is -2.38. The van der Waals surface area contributed by atoms with Gasteiger partial charge in [0.05, 0.1) is 29.3 Å². The molecule has 2 heterocycles. The van der Waals surface area contributed by atoms with Gasteiger partial charge in [-0.15, -0.1) is 0 Å². The summed E-state index contributed by atoms with van der Waals surface area (Å²) >= 11 is 0. The topological polar surface area (TPSA) is 117 Å². The first kappa shape index (κ1) is 25.9. The summed E-state index contributed by atoms with van der Waals surface area (Å²) in [5, 5.41) is 16.3. The fourth-order valence-electron chi connectivity index (χ4n) is 5.40. The van der Waals surface area contributed by atoms with Crippen LogP contribution in [-0.4, -0.2) is 60.6 Å². The van der Waals surface area contributed by atoms with Gasteiger partial charge in [-0.3, -0.25) is 14.2 Å². The molecule has 1 saturated heterocycles. The van der Waals surface area contributed by atoms with Crippen molar-refractivity contribution in [1.29, 1.82) is 0 Å². The molecule has 1 aromatic carbocycles. The second-order valence-corrected chi connectivity index (χ2v) is 12.6. The molecule has 0 bridgehead atoms. The van der Waals surface area contributed by atoms with Gasteiger partial charge in [0.1, 0.15) is 0 Å². The number of aliphatic hydroxyl groups is 1. The Morgan fingerprint density at radius 2 is 1.86 bits per heavy atom. The van der Waals surface area contributed by atoms with Crippen LogP contribution in [-0.2, 0) is 16.6 Å². The number of hydrogen-bond donors (Lipinski definition) is 3. The lowest BCUT2D eigenvalue weighted by Gasteiger charge is -2.35. The van der Waals surface area contributed by atoms with E-state index in [9.17, 15) is 22.0 Å². The van der Waals surface area contributed by atoms with Gasteiger partial charge >= 0.3 is 0 Å². The van der Waals surface area contributed by atoms with E-state index < -0.39 is 28.3 Å². The number of halogens is 2. The van der Waals surface area contributed by atoms with Gasteiger partial charge in [-0.1, -0.05) is 0 Å². The summed E-state index contributed by atoms with van der Waals surface area (Å²) in [6.45, 7) is 3.24. The smallest absolute Gasteiger partial charge is 0.258 e. The molecule has 3 N–H and O–H groups in total. The molecule has 3 fully saturated rings. The molecule has 0 unspecified atom stereocenters. The van der Waals surface area contributed by atoms with Crippen molar-refractivity contribution in [1.82, 2.24) is 9.78 Å². The first-order chi connectivity index (χ1) is 17.5. The maximum atomic E-state index is 13.4. The van der Waals surface area contributed by atoms with E-state index in [1.54, 1.807) is 22.9 Å². The molecule has 12 heteroatoms. The number of aliphatic hydroxyl groups excluding tert-OH is 1. The number of carbonyl (C=O) groups is 1. The number of sulfonamides is 1. The molecule has 1 spiro atoms. The van der Waals surface area contributed by atoms with Crippen LogP contribution in [0, 0.1) is 18.3 Å². The fourth-order valence-corrected chi connectivity index (χ4v) is 6.23. The van der Waals surface area contributed by atoms with Gasteiger partial charge in [-0.2, -0.15) is 5.10 Å². The lowest BCUT2D eigenvalue weighted by molar-refractivity contribution is -0.114. The Kier molecular flexibility index (Phi) is 6.68. The average molecular weight is 538 g/mol. The molecule has 1 aromatic heterocycles. The summed E-state index contributed by atoms with van der Waals surface area (Å²) < 4.78 is 54.9. The number of amides is 1. The van der Waals surface area contributed by atoms with E-state index in [2.05, 4.69) is 20.0 Å². The van der Waals surface area contributed by atoms with Crippen molar-refractivity contribution < 1.29 is 27.1 Å². The summed E-state index contributed by atoms with van der Waals surface area (Å²) in [6, 6.07) is 6.49. The summed E-state index contributed by atoms with van der Waals surface area (Å²) in [6.07, 6.45) is 4.22. The molecule has 3 aliphatic rings. The highest BCUT2D eigenvalue weighted by molar-refractivity contribution is 7.92. The van der Waals surface area contributed by atoms with E-state index in [4.69, 9.17) is 5.11 Å². The number of hydrogen-bond acceptors (Lipinski definition) is 6. The minimum Gasteiger partial charge on any atom is -0.395 e. The molecule has 37 heavy (non-hydrogen) atoms. The molecule has 2 aliphatic carbocycles. The molecule has 202 valence electrons. The number of anilines is 3. The first-order valence-electron chi connectivity index (χ1n) is 12.7. The van der Waals surface area contributed by atoms with E-state index in [1.165, 1.54) is 18.9 Å². The van der Waals surface area contributed by atoms with Crippen LogP contribution in [0.25, 0.3) is 0 Å². The van der Waals surface area contributed by atoms with Crippen molar-refractivity contribution in [3.05, 3.63) is 35.5 Å². The maximum Gasteiger partial charge on any atom is 0.258 e. The number of aryl methyl sites for hydroxylation is 1. The van der Waals surface area contributed by atoms with E-state index >= 15 is 0 Å². The second kappa shape index (κ2) is 9.54. The van der Waals surface area contributed by atoms with Crippen LogP contribution < -0.4 is 14.9 Å². The van der Waals surface area contributed by atoms with Crippen LogP contribution in [0.1, 0.15) is 54.6 Å². The standard InChI is InChI=1S/C25H33F2N5O4S/c1-17-12-22(29-32(17)16-18-14-25(26,27)15-18)28-23(34)20-3-2-19(30-37(35,36)11-10-33)13-21(20)31-8-6-24(4-5-24)7-9-31/h2-3,12-13,18,30,33H,4-11,14-16H2,1H3,(H,28,29,34). The molecule has 1 aliphatic heterocycles.